The highest BCUT2D eigenvalue weighted by molar-refractivity contribution is 7.89. The van der Waals surface area contributed by atoms with Crippen LogP contribution in [-0.4, -0.2) is 38.7 Å². The first-order chi connectivity index (χ1) is 9.31. The van der Waals surface area contributed by atoms with Gasteiger partial charge in [-0.25, -0.2) is 21.9 Å². The third-order valence-corrected chi connectivity index (χ3v) is 4.39. The second kappa shape index (κ2) is 5.43. The Balaban J connectivity index is 2.22. The molecule has 6 nitrogen and oxygen atoms in total. The van der Waals surface area contributed by atoms with E-state index in [1.807, 2.05) is 0 Å². The average Bonchev–Trinajstić information content (AvgIpc) is 2.80. The van der Waals surface area contributed by atoms with Crippen LogP contribution in [0.5, 0.6) is 0 Å². The van der Waals surface area contributed by atoms with Crippen molar-refractivity contribution in [2.45, 2.75) is 10.9 Å². The molecule has 1 aliphatic heterocycles. The van der Waals surface area contributed by atoms with Crippen LogP contribution in [0.15, 0.2) is 23.1 Å². The largest absolute Gasteiger partial charge is 0.481 e. The molecule has 1 aromatic rings. The van der Waals surface area contributed by atoms with Crippen molar-refractivity contribution in [3.8, 4) is 0 Å². The molecule has 2 rings (SSSR count). The summed E-state index contributed by atoms with van der Waals surface area (Å²) in [5, 5.41) is 8.91. The number of hydrogen-bond acceptors (Lipinski definition) is 4. The third-order valence-electron chi connectivity index (χ3n) is 2.91. The number of benzene rings is 1. The van der Waals surface area contributed by atoms with E-state index in [0.29, 0.717) is 12.1 Å². The molecule has 0 amide bonds. The minimum absolute atomic E-state index is 0.0973. The molecule has 0 spiro atoms. The molecule has 1 aliphatic rings. The summed E-state index contributed by atoms with van der Waals surface area (Å²) in [5.74, 6) is -4.68. The van der Waals surface area contributed by atoms with Gasteiger partial charge in [0, 0.05) is 0 Å². The van der Waals surface area contributed by atoms with E-state index in [0.717, 1.165) is 6.07 Å². The summed E-state index contributed by atoms with van der Waals surface area (Å²) in [5.41, 5.74) is 0. The SMILES string of the molecule is O=C(O)C1COCC1NS(=O)(=O)c1ccc(F)c(F)c1. The predicted octanol–water partition coefficient (Wildman–Crippen LogP) is 0.343. The second-order valence-corrected chi connectivity index (χ2v) is 6.00. The van der Waals surface area contributed by atoms with E-state index < -0.39 is 44.5 Å². The van der Waals surface area contributed by atoms with Crippen molar-refractivity contribution in [2.75, 3.05) is 13.2 Å². The number of carboxylic acids is 1. The summed E-state index contributed by atoms with van der Waals surface area (Å²) in [6.45, 7) is -0.208. The molecule has 2 atom stereocenters. The zero-order chi connectivity index (χ0) is 14.9. The van der Waals surface area contributed by atoms with Gasteiger partial charge < -0.3 is 9.84 Å². The molecule has 0 saturated carbocycles. The Morgan fingerprint density at radius 2 is 2.00 bits per heavy atom. The van der Waals surface area contributed by atoms with Crippen LogP contribution in [0.2, 0.25) is 0 Å². The molecule has 0 aromatic heterocycles. The number of carboxylic acid groups (broad SMARTS) is 1. The van der Waals surface area contributed by atoms with Crippen LogP contribution in [0.3, 0.4) is 0 Å². The van der Waals surface area contributed by atoms with E-state index in [2.05, 4.69) is 4.72 Å². The first kappa shape index (κ1) is 14.8. The van der Waals surface area contributed by atoms with Crippen molar-refractivity contribution in [2.24, 2.45) is 5.92 Å². The first-order valence-corrected chi connectivity index (χ1v) is 7.07. The highest BCUT2D eigenvalue weighted by Crippen LogP contribution is 2.19. The van der Waals surface area contributed by atoms with Gasteiger partial charge >= 0.3 is 5.97 Å². The quantitative estimate of drug-likeness (QED) is 0.837. The van der Waals surface area contributed by atoms with Crippen molar-refractivity contribution >= 4 is 16.0 Å². The number of halogens is 2. The smallest absolute Gasteiger partial charge is 0.310 e. The minimum Gasteiger partial charge on any atom is -0.481 e. The lowest BCUT2D eigenvalue weighted by molar-refractivity contribution is -0.142. The molecule has 1 fully saturated rings. The normalized spacial score (nSPS) is 22.9. The minimum atomic E-state index is -4.15. The Labute approximate surface area is 113 Å². The van der Waals surface area contributed by atoms with Gasteiger partial charge in [-0.1, -0.05) is 0 Å². The van der Waals surface area contributed by atoms with E-state index >= 15 is 0 Å². The van der Waals surface area contributed by atoms with Crippen LogP contribution >= 0.6 is 0 Å². The fraction of sp³-hybridized carbons (Fsp3) is 0.364. The molecular formula is C11H11F2NO5S. The summed E-state index contributed by atoms with van der Waals surface area (Å²) in [7, 11) is -4.15. The van der Waals surface area contributed by atoms with E-state index in [9.17, 15) is 22.0 Å². The van der Waals surface area contributed by atoms with Gasteiger partial charge in [-0.2, -0.15) is 0 Å². The number of sulfonamides is 1. The van der Waals surface area contributed by atoms with E-state index in [1.165, 1.54) is 0 Å². The van der Waals surface area contributed by atoms with Crippen LogP contribution in [0, 0.1) is 17.6 Å². The van der Waals surface area contributed by atoms with Gasteiger partial charge in [0.1, 0.15) is 0 Å². The van der Waals surface area contributed by atoms with Crippen molar-refractivity contribution in [1.82, 2.24) is 4.72 Å². The van der Waals surface area contributed by atoms with Gasteiger partial charge in [0.2, 0.25) is 10.0 Å². The molecule has 0 bridgehead atoms. The van der Waals surface area contributed by atoms with Crippen LogP contribution in [0.25, 0.3) is 0 Å². The number of nitrogens with one attached hydrogen (secondary N) is 1. The number of rotatable bonds is 4. The summed E-state index contributed by atoms with van der Waals surface area (Å²) in [6.07, 6.45) is 0. The Morgan fingerprint density at radius 3 is 2.60 bits per heavy atom. The highest BCUT2D eigenvalue weighted by atomic mass is 32.2. The van der Waals surface area contributed by atoms with Crippen molar-refractivity contribution in [3.05, 3.63) is 29.8 Å². The lowest BCUT2D eigenvalue weighted by Crippen LogP contribution is -2.42. The fourth-order valence-corrected chi connectivity index (χ4v) is 3.10. The molecule has 20 heavy (non-hydrogen) atoms. The molecule has 1 aromatic carbocycles. The van der Waals surface area contributed by atoms with Crippen molar-refractivity contribution in [1.29, 1.82) is 0 Å². The molecule has 2 unspecified atom stereocenters. The summed E-state index contributed by atoms with van der Waals surface area (Å²) < 4.78 is 56.8. The standard InChI is InChI=1S/C11H11F2NO5S/c12-8-2-1-6(3-9(8)13)20(17,18)14-10-5-19-4-7(10)11(15)16/h1-3,7,10,14H,4-5H2,(H,15,16). The van der Waals surface area contributed by atoms with Crippen molar-refractivity contribution in [3.63, 3.8) is 0 Å². The third kappa shape index (κ3) is 2.94. The average molecular weight is 307 g/mol. The zero-order valence-corrected chi connectivity index (χ0v) is 10.9. The van der Waals surface area contributed by atoms with Gasteiger partial charge in [0.15, 0.2) is 11.6 Å². The van der Waals surface area contributed by atoms with Gasteiger partial charge in [0.25, 0.3) is 0 Å². The lowest BCUT2D eigenvalue weighted by Gasteiger charge is -2.15. The number of aliphatic carboxylic acids is 1. The number of ether oxygens (including phenoxy) is 1. The molecule has 1 saturated heterocycles. The van der Waals surface area contributed by atoms with Gasteiger partial charge in [-0.05, 0) is 18.2 Å². The van der Waals surface area contributed by atoms with E-state index in [4.69, 9.17) is 9.84 Å². The molecule has 0 radical (unpaired) electrons. The molecule has 9 heteroatoms. The maximum Gasteiger partial charge on any atom is 0.310 e. The monoisotopic (exact) mass is 307 g/mol. The van der Waals surface area contributed by atoms with E-state index in [1.54, 1.807) is 0 Å². The number of hydrogen-bond donors (Lipinski definition) is 2. The summed E-state index contributed by atoms with van der Waals surface area (Å²) >= 11 is 0. The Hall–Kier alpha value is -1.58. The number of carbonyl (C=O) groups is 1. The maximum absolute atomic E-state index is 13.0. The fourth-order valence-electron chi connectivity index (χ4n) is 1.83. The molecule has 2 N–H and O–H groups in total. The highest BCUT2D eigenvalue weighted by Gasteiger charge is 2.37. The van der Waals surface area contributed by atoms with Crippen LogP contribution in [-0.2, 0) is 19.6 Å². The van der Waals surface area contributed by atoms with Crippen LogP contribution in [0.4, 0.5) is 8.78 Å². The summed E-state index contributed by atoms with van der Waals surface area (Å²) in [4.78, 5) is 10.4. The van der Waals surface area contributed by atoms with Gasteiger partial charge in [-0.15, -0.1) is 0 Å². The molecule has 110 valence electrons. The Morgan fingerprint density at radius 1 is 1.30 bits per heavy atom. The van der Waals surface area contributed by atoms with Crippen LogP contribution in [0.1, 0.15) is 0 Å². The second-order valence-electron chi connectivity index (χ2n) is 4.29. The summed E-state index contributed by atoms with van der Waals surface area (Å²) in [6, 6.07) is 1.16. The van der Waals surface area contributed by atoms with E-state index in [-0.39, 0.29) is 13.2 Å². The zero-order valence-electron chi connectivity index (χ0n) is 10.0. The lowest BCUT2D eigenvalue weighted by atomic mass is 10.1. The molecule has 1 heterocycles. The van der Waals surface area contributed by atoms with Gasteiger partial charge in [-0.3, -0.25) is 4.79 Å². The van der Waals surface area contributed by atoms with Crippen molar-refractivity contribution < 1.29 is 31.8 Å². The van der Waals surface area contributed by atoms with Gasteiger partial charge in [0.05, 0.1) is 30.1 Å². The first-order valence-electron chi connectivity index (χ1n) is 5.59. The molecule has 0 aliphatic carbocycles. The molecular weight excluding hydrogens is 296 g/mol. The Kier molecular flexibility index (Phi) is 4.02. The Bertz CT molecular complexity index is 634. The predicted molar refractivity (Wildman–Crippen MR) is 62.4 cm³/mol. The topological polar surface area (TPSA) is 92.7 Å². The maximum atomic E-state index is 13.0. The van der Waals surface area contributed by atoms with Crippen LogP contribution < -0.4 is 4.72 Å².